The van der Waals surface area contributed by atoms with Crippen molar-refractivity contribution in [1.82, 2.24) is 0 Å². The second kappa shape index (κ2) is 7.01. The van der Waals surface area contributed by atoms with Crippen LogP contribution in [-0.2, 0) is 4.79 Å². The van der Waals surface area contributed by atoms with E-state index in [1.54, 1.807) is 13.0 Å². The number of aliphatic hydroxyl groups excluding tert-OH is 1. The van der Waals surface area contributed by atoms with Gasteiger partial charge in [-0.25, -0.2) is 4.39 Å². The quantitative estimate of drug-likeness (QED) is 0.429. The first-order chi connectivity index (χ1) is 13.8. The van der Waals surface area contributed by atoms with E-state index >= 15 is 4.39 Å². The largest absolute Gasteiger partial charge is 0.397 e. The van der Waals surface area contributed by atoms with Crippen molar-refractivity contribution < 1.29 is 27.5 Å². The highest BCUT2D eigenvalue weighted by Crippen LogP contribution is 2.73. The molecule has 0 unspecified atom stereocenters. The molecule has 0 heterocycles. The lowest BCUT2D eigenvalue weighted by molar-refractivity contribution is -0.189. The molecule has 0 spiro atoms. The maximum Gasteiger partial charge on any atom is 0.397 e. The van der Waals surface area contributed by atoms with Crippen LogP contribution in [0.1, 0.15) is 46.0 Å². The Labute approximate surface area is 183 Å². The number of ketones is 1. The van der Waals surface area contributed by atoms with E-state index in [2.05, 4.69) is 0 Å². The summed E-state index contributed by atoms with van der Waals surface area (Å²) in [5, 5.41) is 11.2. The molecule has 0 aromatic rings. The van der Waals surface area contributed by atoms with Crippen molar-refractivity contribution in [1.29, 1.82) is 0 Å². The first kappa shape index (κ1) is 22.7. The molecular formula is C22H28F4O2S2. The average molecular weight is 465 g/mol. The smallest absolute Gasteiger partial charge is 0.390 e. The third kappa shape index (κ3) is 2.92. The molecule has 0 saturated heterocycles. The molecule has 4 aliphatic rings. The standard InChI is InChI=1S/C22H28F4O2S2/c1-18-8-6-14(27)10-13(18)4-5-16-15-7-9-20(29-3,30-12-21(23,24)25)19(15,2)11-17(28)22(16,18)26/h6,8,10,15-17,28H,4-5,7,9,11-12H2,1-3H3/t15-,16-,17-,18-,19-,20-,22-/m0/s1. The van der Waals surface area contributed by atoms with Crippen LogP contribution in [0, 0.1) is 22.7 Å². The van der Waals surface area contributed by atoms with Crippen molar-refractivity contribution in [2.24, 2.45) is 22.7 Å². The molecular weight excluding hydrogens is 436 g/mol. The topological polar surface area (TPSA) is 37.3 Å². The lowest BCUT2D eigenvalue weighted by Crippen LogP contribution is -2.67. The Morgan fingerprint density at radius 1 is 1.23 bits per heavy atom. The summed E-state index contributed by atoms with van der Waals surface area (Å²) in [5.41, 5.74) is -2.87. The van der Waals surface area contributed by atoms with Gasteiger partial charge < -0.3 is 5.11 Å². The van der Waals surface area contributed by atoms with Crippen LogP contribution in [0.2, 0.25) is 0 Å². The normalized spacial score (nSPS) is 48.1. The zero-order valence-electron chi connectivity index (χ0n) is 17.4. The summed E-state index contributed by atoms with van der Waals surface area (Å²) in [6.45, 7) is 3.72. The Balaban J connectivity index is 1.73. The van der Waals surface area contributed by atoms with Gasteiger partial charge in [-0.05, 0) is 68.8 Å². The summed E-state index contributed by atoms with van der Waals surface area (Å²) in [6, 6.07) is 0. The number of thioether (sulfide) groups is 2. The van der Waals surface area contributed by atoms with Gasteiger partial charge in [0.25, 0.3) is 0 Å². The maximum atomic E-state index is 17.0. The Morgan fingerprint density at radius 2 is 1.93 bits per heavy atom. The molecule has 4 aliphatic carbocycles. The molecule has 1 N–H and O–H groups in total. The first-order valence-corrected chi connectivity index (χ1v) is 12.6. The molecule has 0 radical (unpaired) electrons. The van der Waals surface area contributed by atoms with Crippen LogP contribution in [0.15, 0.2) is 23.8 Å². The van der Waals surface area contributed by atoms with E-state index in [9.17, 15) is 23.1 Å². The molecule has 168 valence electrons. The third-order valence-corrected chi connectivity index (χ3v) is 12.3. The van der Waals surface area contributed by atoms with Gasteiger partial charge in [-0.1, -0.05) is 18.6 Å². The first-order valence-electron chi connectivity index (χ1n) is 10.4. The van der Waals surface area contributed by atoms with E-state index in [1.165, 1.54) is 23.9 Å². The van der Waals surface area contributed by atoms with Gasteiger partial charge in [0, 0.05) is 11.3 Å². The van der Waals surface area contributed by atoms with Gasteiger partial charge >= 0.3 is 6.18 Å². The van der Waals surface area contributed by atoms with Crippen LogP contribution >= 0.6 is 23.5 Å². The molecule has 0 aliphatic heterocycles. The second-order valence-electron chi connectivity index (χ2n) is 9.66. The number of carbonyl (C=O) groups is 1. The zero-order valence-corrected chi connectivity index (χ0v) is 19.0. The van der Waals surface area contributed by atoms with Crippen LogP contribution < -0.4 is 0 Å². The summed E-state index contributed by atoms with van der Waals surface area (Å²) in [6.07, 6.45) is 3.19. The number of fused-ring (bicyclic) bond motifs is 5. The predicted molar refractivity (Wildman–Crippen MR) is 113 cm³/mol. The number of allylic oxidation sites excluding steroid dienone is 4. The molecule has 3 saturated carbocycles. The van der Waals surface area contributed by atoms with Gasteiger partial charge in [0.05, 0.1) is 15.9 Å². The van der Waals surface area contributed by atoms with Crippen LogP contribution in [0.5, 0.6) is 0 Å². The summed E-state index contributed by atoms with van der Waals surface area (Å²) in [7, 11) is 0. The van der Waals surface area contributed by atoms with E-state index in [0.717, 1.165) is 17.3 Å². The molecule has 30 heavy (non-hydrogen) atoms. The zero-order chi connectivity index (χ0) is 22.2. The van der Waals surface area contributed by atoms with Gasteiger partial charge in [-0.15, -0.1) is 23.5 Å². The van der Waals surface area contributed by atoms with E-state index in [1.807, 2.05) is 13.2 Å². The summed E-state index contributed by atoms with van der Waals surface area (Å²) in [5.74, 6) is -1.66. The molecule has 3 fully saturated rings. The SMILES string of the molecule is CS[C@]1(SCC(F)(F)F)CC[C@H]2[C@@H]3CCC4=CC(=O)C=C[C@]4(C)[C@@]3(F)[C@@H](O)C[C@@]21C. The van der Waals surface area contributed by atoms with E-state index in [-0.39, 0.29) is 18.1 Å². The van der Waals surface area contributed by atoms with E-state index in [0.29, 0.717) is 25.7 Å². The minimum atomic E-state index is -4.27. The Morgan fingerprint density at radius 3 is 2.57 bits per heavy atom. The number of halogens is 4. The van der Waals surface area contributed by atoms with Gasteiger partial charge in [-0.2, -0.15) is 13.2 Å². The maximum absolute atomic E-state index is 17.0. The fourth-order valence-corrected chi connectivity index (χ4v) is 9.88. The fraction of sp³-hybridized carbons (Fsp3) is 0.773. The molecule has 0 aromatic carbocycles. The number of alkyl halides is 4. The molecule has 0 bridgehead atoms. The Bertz CT molecular complexity index is 811. The number of aliphatic hydroxyl groups is 1. The Kier molecular flexibility index (Phi) is 5.31. The summed E-state index contributed by atoms with van der Waals surface area (Å²) >= 11 is 2.35. The minimum absolute atomic E-state index is 0.108. The van der Waals surface area contributed by atoms with Crippen LogP contribution in [0.3, 0.4) is 0 Å². The fourth-order valence-electron chi connectivity index (χ4n) is 6.99. The molecule has 0 aromatic heterocycles. The van der Waals surface area contributed by atoms with Crippen molar-refractivity contribution in [2.45, 2.75) is 68.0 Å². The van der Waals surface area contributed by atoms with Crippen molar-refractivity contribution in [3.63, 3.8) is 0 Å². The van der Waals surface area contributed by atoms with Gasteiger partial charge in [0.2, 0.25) is 0 Å². The number of hydrogen-bond acceptors (Lipinski definition) is 4. The second-order valence-corrected chi connectivity index (χ2v) is 12.3. The van der Waals surface area contributed by atoms with E-state index in [4.69, 9.17) is 0 Å². The average Bonchev–Trinajstić information content (AvgIpc) is 2.94. The van der Waals surface area contributed by atoms with E-state index < -0.39 is 44.5 Å². The number of hydrogen-bond donors (Lipinski definition) is 1. The van der Waals surface area contributed by atoms with Crippen molar-refractivity contribution >= 4 is 29.3 Å². The van der Waals surface area contributed by atoms with Gasteiger partial charge in [-0.3, -0.25) is 4.79 Å². The van der Waals surface area contributed by atoms with Crippen molar-refractivity contribution in [2.75, 3.05) is 12.0 Å². The highest BCUT2D eigenvalue weighted by atomic mass is 32.2. The molecule has 7 atom stereocenters. The summed E-state index contributed by atoms with van der Waals surface area (Å²) < 4.78 is 55.4. The highest BCUT2D eigenvalue weighted by molar-refractivity contribution is 8.18. The van der Waals surface area contributed by atoms with Gasteiger partial charge in [0.15, 0.2) is 11.5 Å². The molecule has 4 rings (SSSR count). The van der Waals surface area contributed by atoms with Gasteiger partial charge in [0.1, 0.15) is 0 Å². The molecule has 0 amide bonds. The number of rotatable bonds is 3. The summed E-state index contributed by atoms with van der Waals surface area (Å²) in [4.78, 5) is 11.9. The molecule has 2 nitrogen and oxygen atoms in total. The van der Waals surface area contributed by atoms with Crippen molar-refractivity contribution in [3.05, 3.63) is 23.8 Å². The predicted octanol–water partition coefficient (Wildman–Crippen LogP) is 5.71. The van der Waals surface area contributed by atoms with Crippen molar-refractivity contribution in [3.8, 4) is 0 Å². The monoisotopic (exact) mass is 464 g/mol. The number of carbonyl (C=O) groups excluding carboxylic acids is 1. The van der Waals surface area contributed by atoms with Crippen LogP contribution in [-0.4, -0.2) is 44.9 Å². The lowest BCUT2D eigenvalue weighted by Gasteiger charge is -2.63. The minimum Gasteiger partial charge on any atom is -0.390 e. The van der Waals surface area contributed by atoms with Crippen LogP contribution in [0.25, 0.3) is 0 Å². The lowest BCUT2D eigenvalue weighted by atomic mass is 9.46. The third-order valence-electron chi connectivity index (χ3n) is 8.48. The molecule has 8 heteroatoms. The van der Waals surface area contributed by atoms with Crippen LogP contribution in [0.4, 0.5) is 17.6 Å². The highest BCUT2D eigenvalue weighted by Gasteiger charge is 2.73. The Hall–Kier alpha value is -0.470.